The Labute approximate surface area is 161 Å². The van der Waals surface area contributed by atoms with E-state index in [1.54, 1.807) is 0 Å². The van der Waals surface area contributed by atoms with E-state index in [0.717, 1.165) is 50.8 Å². The van der Waals surface area contributed by atoms with Crippen LogP contribution in [0.2, 0.25) is 0 Å². The molecule has 1 saturated heterocycles. The molecule has 2 aromatic rings. The van der Waals surface area contributed by atoms with Crippen LogP contribution in [-0.4, -0.2) is 59.3 Å². The smallest absolute Gasteiger partial charge is 0.119 e. The second-order valence-corrected chi connectivity index (χ2v) is 7.88. The largest absolute Gasteiger partial charge is 0.492 e. The summed E-state index contributed by atoms with van der Waals surface area (Å²) in [5.74, 6) is 0.918. The lowest BCUT2D eigenvalue weighted by atomic mass is 10.1. The van der Waals surface area contributed by atoms with Gasteiger partial charge in [0.2, 0.25) is 0 Å². The van der Waals surface area contributed by atoms with Crippen molar-refractivity contribution in [2.24, 2.45) is 0 Å². The molecular formula is C20H31N5O2. The normalized spacial score (nSPS) is 15.8. The van der Waals surface area contributed by atoms with Crippen molar-refractivity contribution < 1.29 is 9.47 Å². The molecule has 0 spiro atoms. The van der Waals surface area contributed by atoms with E-state index in [1.165, 1.54) is 5.56 Å². The number of nitrogens with one attached hydrogen (secondary N) is 1. The van der Waals surface area contributed by atoms with Gasteiger partial charge in [-0.05, 0) is 38.5 Å². The number of benzene rings is 1. The predicted octanol–water partition coefficient (Wildman–Crippen LogP) is 2.03. The van der Waals surface area contributed by atoms with Crippen LogP contribution in [0.1, 0.15) is 32.0 Å². The molecule has 2 heterocycles. The minimum absolute atomic E-state index is 0.0435. The number of nitrogens with zero attached hydrogens (tertiary/aromatic N) is 4. The van der Waals surface area contributed by atoms with Gasteiger partial charge in [-0.15, -0.1) is 5.10 Å². The van der Waals surface area contributed by atoms with Gasteiger partial charge in [-0.2, -0.15) is 0 Å². The van der Waals surface area contributed by atoms with E-state index in [9.17, 15) is 0 Å². The third-order valence-corrected chi connectivity index (χ3v) is 4.54. The molecule has 0 atom stereocenters. The molecule has 3 rings (SSSR count). The second kappa shape index (κ2) is 9.30. The van der Waals surface area contributed by atoms with Gasteiger partial charge in [0.1, 0.15) is 12.4 Å². The number of hydrogen-bond acceptors (Lipinski definition) is 6. The highest BCUT2D eigenvalue weighted by Gasteiger charge is 2.14. The lowest BCUT2D eigenvalue weighted by molar-refractivity contribution is 0.0322. The maximum atomic E-state index is 5.92. The van der Waals surface area contributed by atoms with Crippen molar-refractivity contribution in [1.82, 2.24) is 25.2 Å². The predicted molar refractivity (Wildman–Crippen MR) is 105 cm³/mol. The summed E-state index contributed by atoms with van der Waals surface area (Å²) < 4.78 is 13.2. The minimum atomic E-state index is -0.0435. The summed E-state index contributed by atoms with van der Waals surface area (Å²) in [5.41, 5.74) is 2.10. The molecule has 0 bridgehead atoms. The van der Waals surface area contributed by atoms with Crippen molar-refractivity contribution >= 4 is 0 Å². The maximum absolute atomic E-state index is 5.92. The average Bonchev–Trinajstić information content (AvgIpc) is 3.12. The van der Waals surface area contributed by atoms with E-state index < -0.39 is 0 Å². The highest BCUT2D eigenvalue weighted by Crippen LogP contribution is 2.14. The van der Waals surface area contributed by atoms with Crippen molar-refractivity contribution in [3.05, 3.63) is 41.7 Å². The van der Waals surface area contributed by atoms with Gasteiger partial charge in [-0.1, -0.05) is 17.3 Å². The van der Waals surface area contributed by atoms with Crippen LogP contribution in [0, 0.1) is 0 Å². The minimum Gasteiger partial charge on any atom is -0.492 e. The zero-order valence-corrected chi connectivity index (χ0v) is 16.6. The Hall–Kier alpha value is -1.96. The third kappa shape index (κ3) is 6.30. The fourth-order valence-corrected chi connectivity index (χ4v) is 2.90. The Morgan fingerprint density at radius 3 is 2.74 bits per heavy atom. The van der Waals surface area contributed by atoms with Crippen LogP contribution < -0.4 is 10.1 Å². The first-order valence-electron chi connectivity index (χ1n) is 9.65. The van der Waals surface area contributed by atoms with E-state index in [-0.39, 0.29) is 5.54 Å². The van der Waals surface area contributed by atoms with Crippen LogP contribution in [-0.2, 0) is 23.4 Å². The summed E-state index contributed by atoms with van der Waals surface area (Å²) in [6.07, 6.45) is 2.00. The number of hydrogen-bond donors (Lipinski definition) is 1. The summed E-state index contributed by atoms with van der Waals surface area (Å²) in [5, 5.41) is 11.8. The average molecular weight is 374 g/mol. The first-order chi connectivity index (χ1) is 13.0. The molecule has 7 heteroatoms. The van der Waals surface area contributed by atoms with Crippen molar-refractivity contribution in [2.45, 2.75) is 39.4 Å². The first-order valence-corrected chi connectivity index (χ1v) is 9.65. The number of ether oxygens (including phenoxy) is 2. The lowest BCUT2D eigenvalue weighted by Crippen LogP contribution is -2.38. The highest BCUT2D eigenvalue weighted by atomic mass is 16.5. The van der Waals surface area contributed by atoms with E-state index in [4.69, 9.17) is 9.47 Å². The summed E-state index contributed by atoms with van der Waals surface area (Å²) in [6, 6.07) is 8.25. The Morgan fingerprint density at radius 1 is 1.19 bits per heavy atom. The van der Waals surface area contributed by atoms with Crippen molar-refractivity contribution in [3.8, 4) is 5.75 Å². The van der Waals surface area contributed by atoms with Crippen LogP contribution in [0.5, 0.6) is 5.75 Å². The fraction of sp³-hybridized carbons (Fsp3) is 0.600. The number of morpholine rings is 1. The van der Waals surface area contributed by atoms with Gasteiger partial charge in [0.15, 0.2) is 0 Å². The zero-order valence-electron chi connectivity index (χ0n) is 16.6. The molecule has 1 N–H and O–H groups in total. The van der Waals surface area contributed by atoms with Crippen molar-refractivity contribution in [2.75, 3.05) is 39.5 Å². The van der Waals surface area contributed by atoms with Crippen molar-refractivity contribution in [1.29, 1.82) is 0 Å². The Bertz CT molecular complexity index is 704. The standard InChI is InChI=1S/C20H31N5O2/c1-20(2,3)25-16-18(22-23-25)15-21-14-17-5-4-6-19(13-17)27-12-9-24-7-10-26-11-8-24/h4-6,13,16,21H,7-12,14-15H2,1-3H3. The van der Waals surface area contributed by atoms with Gasteiger partial charge in [-0.3, -0.25) is 4.90 Å². The van der Waals surface area contributed by atoms with E-state index >= 15 is 0 Å². The molecule has 0 amide bonds. The lowest BCUT2D eigenvalue weighted by Gasteiger charge is -2.26. The van der Waals surface area contributed by atoms with Crippen LogP contribution in [0.25, 0.3) is 0 Å². The molecule has 1 aromatic carbocycles. The highest BCUT2D eigenvalue weighted by molar-refractivity contribution is 5.28. The SMILES string of the molecule is CC(C)(C)n1cc(CNCc2cccc(OCCN3CCOCC3)c2)nn1. The summed E-state index contributed by atoms with van der Waals surface area (Å²) in [4.78, 5) is 2.37. The molecule has 1 aliphatic rings. The molecular weight excluding hydrogens is 342 g/mol. The molecule has 0 saturated carbocycles. The van der Waals surface area contributed by atoms with Gasteiger partial charge in [0.05, 0.1) is 30.6 Å². The summed E-state index contributed by atoms with van der Waals surface area (Å²) >= 11 is 0. The molecule has 148 valence electrons. The topological polar surface area (TPSA) is 64.4 Å². The zero-order chi connectivity index (χ0) is 19.1. The Kier molecular flexibility index (Phi) is 6.82. The quantitative estimate of drug-likeness (QED) is 0.764. The van der Waals surface area contributed by atoms with Gasteiger partial charge < -0.3 is 14.8 Å². The van der Waals surface area contributed by atoms with E-state index in [2.05, 4.69) is 53.4 Å². The fourth-order valence-electron chi connectivity index (χ4n) is 2.90. The van der Waals surface area contributed by atoms with Crippen LogP contribution >= 0.6 is 0 Å². The molecule has 1 aromatic heterocycles. The molecule has 1 aliphatic heterocycles. The molecule has 0 unspecified atom stereocenters. The van der Waals surface area contributed by atoms with Gasteiger partial charge in [0.25, 0.3) is 0 Å². The van der Waals surface area contributed by atoms with Crippen LogP contribution in [0.4, 0.5) is 0 Å². The molecule has 27 heavy (non-hydrogen) atoms. The molecule has 0 aliphatic carbocycles. The third-order valence-electron chi connectivity index (χ3n) is 4.54. The van der Waals surface area contributed by atoms with E-state index in [0.29, 0.717) is 13.2 Å². The molecule has 1 fully saturated rings. The van der Waals surface area contributed by atoms with Crippen LogP contribution in [0.15, 0.2) is 30.5 Å². The van der Waals surface area contributed by atoms with Gasteiger partial charge in [0, 0.05) is 32.7 Å². The van der Waals surface area contributed by atoms with Crippen LogP contribution in [0.3, 0.4) is 0 Å². The molecule has 7 nitrogen and oxygen atoms in total. The summed E-state index contributed by atoms with van der Waals surface area (Å²) in [6.45, 7) is 13.1. The molecule has 0 radical (unpaired) electrons. The maximum Gasteiger partial charge on any atom is 0.119 e. The Morgan fingerprint density at radius 2 is 2.00 bits per heavy atom. The Balaban J connectivity index is 1.41. The second-order valence-electron chi connectivity index (χ2n) is 7.88. The number of rotatable bonds is 8. The summed E-state index contributed by atoms with van der Waals surface area (Å²) in [7, 11) is 0. The first kappa shape index (κ1) is 19.8. The van der Waals surface area contributed by atoms with Crippen molar-refractivity contribution in [3.63, 3.8) is 0 Å². The van der Waals surface area contributed by atoms with Gasteiger partial charge in [-0.25, -0.2) is 4.68 Å². The monoisotopic (exact) mass is 373 g/mol. The van der Waals surface area contributed by atoms with E-state index in [1.807, 2.05) is 23.0 Å². The van der Waals surface area contributed by atoms with Gasteiger partial charge >= 0.3 is 0 Å². The number of aromatic nitrogens is 3.